The number of ether oxygens (including phenoxy) is 1. The van der Waals surface area contributed by atoms with Gasteiger partial charge in [0.25, 0.3) is 0 Å². The standard InChI is InChI=1S/C11H21NO3/c1-12(15-3)11(13)8-9-4-6-10(14-2)7-5-9/h9-10H,4-8H2,1-3H3. The zero-order valence-corrected chi connectivity index (χ0v) is 9.86. The van der Waals surface area contributed by atoms with Crippen molar-refractivity contribution in [2.75, 3.05) is 21.3 Å². The maximum absolute atomic E-state index is 11.6. The summed E-state index contributed by atoms with van der Waals surface area (Å²) in [5.74, 6) is 0.569. The van der Waals surface area contributed by atoms with Crippen molar-refractivity contribution in [2.24, 2.45) is 5.92 Å². The Morgan fingerprint density at radius 2 is 1.87 bits per heavy atom. The van der Waals surface area contributed by atoms with Crippen LogP contribution < -0.4 is 0 Å². The van der Waals surface area contributed by atoms with Crippen LogP contribution >= 0.6 is 0 Å². The van der Waals surface area contributed by atoms with E-state index in [9.17, 15) is 4.79 Å². The molecule has 0 heterocycles. The molecule has 1 saturated carbocycles. The maximum Gasteiger partial charge on any atom is 0.246 e. The Kier molecular flexibility index (Phi) is 5.05. The van der Waals surface area contributed by atoms with Gasteiger partial charge in [-0.3, -0.25) is 9.63 Å². The number of hydrogen-bond donors (Lipinski definition) is 0. The van der Waals surface area contributed by atoms with Crippen LogP contribution in [0.5, 0.6) is 0 Å². The average molecular weight is 215 g/mol. The second-order valence-corrected chi connectivity index (χ2v) is 4.16. The van der Waals surface area contributed by atoms with Crippen LogP contribution in [-0.2, 0) is 14.4 Å². The van der Waals surface area contributed by atoms with Crippen LogP contribution in [0, 0.1) is 5.92 Å². The van der Waals surface area contributed by atoms with Gasteiger partial charge in [0.1, 0.15) is 0 Å². The predicted molar refractivity (Wildman–Crippen MR) is 57.2 cm³/mol. The summed E-state index contributed by atoms with van der Waals surface area (Å²) in [7, 11) is 4.93. The number of rotatable bonds is 4. The molecule has 0 bridgehead atoms. The van der Waals surface area contributed by atoms with Crippen LogP contribution in [0.4, 0.5) is 0 Å². The van der Waals surface area contributed by atoms with E-state index in [4.69, 9.17) is 9.57 Å². The monoisotopic (exact) mass is 215 g/mol. The van der Waals surface area contributed by atoms with Gasteiger partial charge in [0.05, 0.1) is 13.2 Å². The lowest BCUT2D eigenvalue weighted by Crippen LogP contribution is -2.29. The van der Waals surface area contributed by atoms with Gasteiger partial charge in [0.2, 0.25) is 5.91 Å². The lowest BCUT2D eigenvalue weighted by molar-refractivity contribution is -0.170. The molecule has 1 aliphatic rings. The Morgan fingerprint density at radius 1 is 1.27 bits per heavy atom. The van der Waals surface area contributed by atoms with Crippen molar-refractivity contribution in [3.63, 3.8) is 0 Å². The summed E-state index contributed by atoms with van der Waals surface area (Å²) in [5, 5.41) is 1.31. The van der Waals surface area contributed by atoms with Crippen molar-refractivity contribution < 1.29 is 14.4 Å². The molecule has 0 saturated heterocycles. The quantitative estimate of drug-likeness (QED) is 0.669. The zero-order valence-electron chi connectivity index (χ0n) is 9.86. The Morgan fingerprint density at radius 3 is 2.33 bits per heavy atom. The van der Waals surface area contributed by atoms with E-state index in [-0.39, 0.29) is 5.91 Å². The summed E-state index contributed by atoms with van der Waals surface area (Å²) >= 11 is 0. The first-order chi connectivity index (χ1) is 7.17. The molecule has 0 aromatic carbocycles. The molecule has 0 aromatic heterocycles. The molecule has 0 spiro atoms. The third-order valence-electron chi connectivity index (χ3n) is 3.22. The first kappa shape index (κ1) is 12.5. The molecular weight excluding hydrogens is 194 g/mol. The number of methoxy groups -OCH3 is 1. The van der Waals surface area contributed by atoms with E-state index in [0.717, 1.165) is 25.7 Å². The second-order valence-electron chi connectivity index (χ2n) is 4.16. The van der Waals surface area contributed by atoms with Gasteiger partial charge in [-0.2, -0.15) is 0 Å². The van der Waals surface area contributed by atoms with Crippen LogP contribution in [0.25, 0.3) is 0 Å². The molecule has 15 heavy (non-hydrogen) atoms. The Labute approximate surface area is 91.5 Å². The molecule has 0 atom stereocenters. The van der Waals surface area contributed by atoms with E-state index in [2.05, 4.69) is 0 Å². The molecule has 1 fully saturated rings. The minimum Gasteiger partial charge on any atom is -0.381 e. The van der Waals surface area contributed by atoms with Crippen LogP contribution in [0.1, 0.15) is 32.1 Å². The normalized spacial score (nSPS) is 26.3. The van der Waals surface area contributed by atoms with Gasteiger partial charge in [0.15, 0.2) is 0 Å². The molecule has 88 valence electrons. The number of amides is 1. The molecule has 1 amide bonds. The number of carbonyl (C=O) groups excluding carboxylic acids is 1. The summed E-state index contributed by atoms with van der Waals surface area (Å²) in [5.41, 5.74) is 0. The number of carbonyl (C=O) groups is 1. The fourth-order valence-electron chi connectivity index (χ4n) is 2.05. The minimum absolute atomic E-state index is 0.0679. The predicted octanol–water partition coefficient (Wildman–Crippen LogP) is 1.60. The van der Waals surface area contributed by atoms with E-state index in [1.165, 1.54) is 12.2 Å². The van der Waals surface area contributed by atoms with Crippen molar-refractivity contribution in [3.05, 3.63) is 0 Å². The third kappa shape index (κ3) is 3.80. The van der Waals surface area contributed by atoms with Crippen LogP contribution in [-0.4, -0.2) is 38.3 Å². The highest BCUT2D eigenvalue weighted by molar-refractivity contribution is 5.75. The van der Waals surface area contributed by atoms with Crippen LogP contribution in [0.15, 0.2) is 0 Å². The van der Waals surface area contributed by atoms with E-state index < -0.39 is 0 Å². The molecule has 0 aromatic rings. The highest BCUT2D eigenvalue weighted by Crippen LogP contribution is 2.28. The minimum atomic E-state index is 0.0679. The van der Waals surface area contributed by atoms with Crippen molar-refractivity contribution in [1.82, 2.24) is 5.06 Å². The summed E-state index contributed by atoms with van der Waals surface area (Å²) in [6, 6.07) is 0. The van der Waals surface area contributed by atoms with Gasteiger partial charge < -0.3 is 4.74 Å². The molecular formula is C11H21NO3. The smallest absolute Gasteiger partial charge is 0.246 e. The molecule has 0 N–H and O–H groups in total. The maximum atomic E-state index is 11.6. The number of hydrogen-bond acceptors (Lipinski definition) is 3. The fraction of sp³-hybridized carbons (Fsp3) is 0.909. The van der Waals surface area contributed by atoms with Gasteiger partial charge in [-0.05, 0) is 31.6 Å². The highest BCUT2D eigenvalue weighted by Gasteiger charge is 2.23. The molecule has 4 heteroatoms. The third-order valence-corrected chi connectivity index (χ3v) is 3.22. The Bertz CT molecular complexity index is 200. The molecule has 4 nitrogen and oxygen atoms in total. The lowest BCUT2D eigenvalue weighted by Gasteiger charge is -2.27. The molecule has 0 unspecified atom stereocenters. The van der Waals surface area contributed by atoms with Crippen molar-refractivity contribution in [2.45, 2.75) is 38.2 Å². The van der Waals surface area contributed by atoms with E-state index >= 15 is 0 Å². The number of nitrogens with zero attached hydrogens (tertiary/aromatic N) is 1. The van der Waals surface area contributed by atoms with Crippen LogP contribution in [0.3, 0.4) is 0 Å². The summed E-state index contributed by atoms with van der Waals surface area (Å²) in [4.78, 5) is 16.4. The molecule has 0 radical (unpaired) electrons. The van der Waals surface area contributed by atoms with Gasteiger partial charge >= 0.3 is 0 Å². The number of hydroxylamine groups is 2. The molecule has 1 aliphatic carbocycles. The van der Waals surface area contributed by atoms with Crippen molar-refractivity contribution in [1.29, 1.82) is 0 Å². The first-order valence-corrected chi connectivity index (χ1v) is 5.50. The first-order valence-electron chi connectivity index (χ1n) is 5.50. The van der Waals surface area contributed by atoms with E-state index in [1.54, 1.807) is 14.2 Å². The van der Waals surface area contributed by atoms with Crippen LogP contribution in [0.2, 0.25) is 0 Å². The largest absolute Gasteiger partial charge is 0.381 e. The van der Waals surface area contributed by atoms with Gasteiger partial charge in [0, 0.05) is 20.6 Å². The summed E-state index contributed by atoms with van der Waals surface area (Å²) in [6.45, 7) is 0. The molecule has 1 rings (SSSR count). The van der Waals surface area contributed by atoms with Crippen molar-refractivity contribution >= 4 is 5.91 Å². The molecule has 0 aliphatic heterocycles. The highest BCUT2D eigenvalue weighted by atomic mass is 16.7. The fourth-order valence-corrected chi connectivity index (χ4v) is 2.05. The summed E-state index contributed by atoms with van der Waals surface area (Å²) < 4.78 is 5.29. The Hall–Kier alpha value is -0.610. The Balaban J connectivity index is 2.26. The zero-order chi connectivity index (χ0) is 11.3. The van der Waals surface area contributed by atoms with Gasteiger partial charge in [-0.1, -0.05) is 0 Å². The van der Waals surface area contributed by atoms with Gasteiger partial charge in [-0.15, -0.1) is 0 Å². The SMILES string of the molecule is COC1CCC(CC(=O)N(C)OC)CC1. The summed E-state index contributed by atoms with van der Waals surface area (Å²) in [6.07, 6.45) is 5.32. The lowest BCUT2D eigenvalue weighted by atomic mass is 9.85. The average Bonchev–Trinajstić information content (AvgIpc) is 2.29. The van der Waals surface area contributed by atoms with E-state index in [1.807, 2.05) is 0 Å². The van der Waals surface area contributed by atoms with E-state index in [0.29, 0.717) is 18.4 Å². The topological polar surface area (TPSA) is 38.8 Å². The van der Waals surface area contributed by atoms with Crippen molar-refractivity contribution in [3.8, 4) is 0 Å². The van der Waals surface area contributed by atoms with Gasteiger partial charge in [-0.25, -0.2) is 5.06 Å². The second kappa shape index (κ2) is 6.08.